The fraction of sp³-hybridized carbons (Fsp3) is 0.182. The molecule has 0 aliphatic heterocycles. The number of carboxylic acid groups (broad SMARTS) is 1. The van der Waals surface area contributed by atoms with Crippen LogP contribution in [0.15, 0.2) is 24.5 Å². The summed E-state index contributed by atoms with van der Waals surface area (Å²) in [5.41, 5.74) is 2.70. The van der Waals surface area contributed by atoms with E-state index in [0.717, 1.165) is 11.1 Å². The van der Waals surface area contributed by atoms with Gasteiger partial charge >= 0.3 is 5.97 Å². The van der Waals surface area contributed by atoms with E-state index < -0.39 is 5.97 Å². The summed E-state index contributed by atoms with van der Waals surface area (Å²) in [6.45, 7) is 1.91. The van der Waals surface area contributed by atoms with Gasteiger partial charge in [-0.2, -0.15) is 5.10 Å². The molecule has 1 N–H and O–H groups in total. The highest BCUT2D eigenvalue weighted by Crippen LogP contribution is 2.21. The van der Waals surface area contributed by atoms with E-state index >= 15 is 0 Å². The zero-order valence-electron chi connectivity index (χ0n) is 9.01. The highest BCUT2D eigenvalue weighted by molar-refractivity contribution is 5.87. The van der Waals surface area contributed by atoms with Gasteiger partial charge in [-0.15, -0.1) is 0 Å². The first kappa shape index (κ1) is 10.4. The molecule has 0 bridgehead atoms. The maximum absolute atomic E-state index is 10.9. The lowest BCUT2D eigenvalue weighted by Crippen LogP contribution is -2.04. The first-order valence-electron chi connectivity index (χ1n) is 4.78. The molecule has 0 aliphatic rings. The zero-order chi connectivity index (χ0) is 11.7. The number of hydrogen-bond donors (Lipinski definition) is 1. The van der Waals surface area contributed by atoms with Gasteiger partial charge in [0.15, 0.2) is 0 Å². The average Bonchev–Trinajstić information content (AvgIpc) is 2.61. The Morgan fingerprint density at radius 1 is 1.50 bits per heavy atom. The number of aromatic carboxylic acids is 1. The smallest absolute Gasteiger partial charge is 0.354 e. The van der Waals surface area contributed by atoms with Gasteiger partial charge in [-0.1, -0.05) is 0 Å². The molecule has 0 aliphatic carbocycles. The maximum Gasteiger partial charge on any atom is 0.354 e. The number of pyridine rings is 1. The Morgan fingerprint density at radius 3 is 2.81 bits per heavy atom. The Hall–Kier alpha value is -2.17. The SMILES string of the molecule is Cc1cnccc1-c1cc(C(=O)O)n(C)n1. The van der Waals surface area contributed by atoms with E-state index in [9.17, 15) is 4.79 Å². The molecule has 2 aromatic rings. The summed E-state index contributed by atoms with van der Waals surface area (Å²) in [6, 6.07) is 3.38. The molecule has 0 radical (unpaired) electrons. The Balaban J connectivity index is 2.54. The van der Waals surface area contributed by atoms with Crippen LogP contribution in [0.25, 0.3) is 11.3 Å². The monoisotopic (exact) mass is 217 g/mol. The van der Waals surface area contributed by atoms with Gasteiger partial charge in [0.05, 0.1) is 5.69 Å². The van der Waals surface area contributed by atoms with E-state index in [0.29, 0.717) is 5.69 Å². The van der Waals surface area contributed by atoms with Crippen molar-refractivity contribution in [3.63, 3.8) is 0 Å². The second kappa shape index (κ2) is 3.77. The largest absolute Gasteiger partial charge is 0.477 e. The standard InChI is InChI=1S/C11H11N3O2/c1-7-6-12-4-3-8(7)9-5-10(11(15)16)14(2)13-9/h3-6H,1-2H3,(H,15,16). The van der Waals surface area contributed by atoms with Gasteiger partial charge in [-0.3, -0.25) is 9.67 Å². The van der Waals surface area contributed by atoms with Gasteiger partial charge in [-0.05, 0) is 24.6 Å². The molecule has 5 heteroatoms. The molecule has 0 spiro atoms. The number of aryl methyl sites for hydroxylation is 2. The molecule has 2 rings (SSSR count). The van der Waals surface area contributed by atoms with Crippen LogP contribution in [0.5, 0.6) is 0 Å². The highest BCUT2D eigenvalue weighted by Gasteiger charge is 2.13. The van der Waals surface area contributed by atoms with Crippen molar-refractivity contribution >= 4 is 5.97 Å². The lowest BCUT2D eigenvalue weighted by atomic mass is 10.1. The van der Waals surface area contributed by atoms with E-state index in [4.69, 9.17) is 5.11 Å². The minimum Gasteiger partial charge on any atom is -0.477 e. The average molecular weight is 217 g/mol. The molecular formula is C11H11N3O2. The maximum atomic E-state index is 10.9. The van der Waals surface area contributed by atoms with E-state index in [-0.39, 0.29) is 5.69 Å². The molecule has 82 valence electrons. The quantitative estimate of drug-likeness (QED) is 0.827. The summed E-state index contributed by atoms with van der Waals surface area (Å²) in [5, 5.41) is 13.1. The van der Waals surface area contributed by atoms with Gasteiger partial charge in [0, 0.05) is 25.0 Å². The topological polar surface area (TPSA) is 68.0 Å². The molecule has 0 saturated carbocycles. The van der Waals surface area contributed by atoms with Crippen LogP contribution in [-0.4, -0.2) is 25.8 Å². The van der Waals surface area contributed by atoms with Crippen LogP contribution < -0.4 is 0 Å². The summed E-state index contributed by atoms with van der Waals surface area (Å²) in [6.07, 6.45) is 3.39. The molecule has 2 aromatic heterocycles. The van der Waals surface area contributed by atoms with Crippen molar-refractivity contribution in [3.8, 4) is 11.3 Å². The van der Waals surface area contributed by atoms with Crippen LogP contribution in [0.4, 0.5) is 0 Å². The third-order valence-corrected chi connectivity index (χ3v) is 2.40. The van der Waals surface area contributed by atoms with Gasteiger partial charge in [-0.25, -0.2) is 4.79 Å². The molecule has 0 atom stereocenters. The van der Waals surface area contributed by atoms with Crippen molar-refractivity contribution in [3.05, 3.63) is 35.8 Å². The first-order chi connectivity index (χ1) is 7.59. The Kier molecular flexibility index (Phi) is 2.44. The fourth-order valence-electron chi connectivity index (χ4n) is 1.56. The number of nitrogens with zero attached hydrogens (tertiary/aromatic N) is 3. The fourth-order valence-corrected chi connectivity index (χ4v) is 1.56. The van der Waals surface area contributed by atoms with Gasteiger partial charge in [0.1, 0.15) is 5.69 Å². The predicted octanol–water partition coefficient (Wildman–Crippen LogP) is 1.49. The van der Waals surface area contributed by atoms with Crippen LogP contribution in [0, 0.1) is 6.92 Å². The Labute approximate surface area is 92.4 Å². The summed E-state index contributed by atoms with van der Waals surface area (Å²) in [7, 11) is 1.61. The van der Waals surface area contributed by atoms with Crippen molar-refractivity contribution in [2.24, 2.45) is 7.05 Å². The lowest BCUT2D eigenvalue weighted by Gasteiger charge is -1.99. The Bertz CT molecular complexity index is 546. The Morgan fingerprint density at radius 2 is 2.25 bits per heavy atom. The summed E-state index contributed by atoms with van der Waals surface area (Å²) in [4.78, 5) is 14.9. The lowest BCUT2D eigenvalue weighted by molar-refractivity contribution is 0.0685. The van der Waals surface area contributed by atoms with Crippen molar-refractivity contribution in [1.82, 2.24) is 14.8 Å². The number of rotatable bonds is 2. The molecule has 0 fully saturated rings. The molecule has 5 nitrogen and oxygen atoms in total. The van der Waals surface area contributed by atoms with Crippen molar-refractivity contribution in [2.75, 3.05) is 0 Å². The molecular weight excluding hydrogens is 206 g/mol. The molecule has 0 amide bonds. The second-order valence-corrected chi connectivity index (χ2v) is 3.53. The van der Waals surface area contributed by atoms with Gasteiger partial charge < -0.3 is 5.11 Å². The molecule has 0 saturated heterocycles. The third kappa shape index (κ3) is 1.67. The van der Waals surface area contributed by atoms with Crippen LogP contribution in [0.3, 0.4) is 0 Å². The van der Waals surface area contributed by atoms with E-state index in [1.807, 2.05) is 13.0 Å². The number of carbonyl (C=O) groups is 1. The van der Waals surface area contributed by atoms with Crippen molar-refractivity contribution in [2.45, 2.75) is 6.92 Å². The third-order valence-electron chi connectivity index (χ3n) is 2.40. The molecule has 0 aromatic carbocycles. The van der Waals surface area contributed by atoms with Crippen molar-refractivity contribution < 1.29 is 9.90 Å². The zero-order valence-corrected chi connectivity index (χ0v) is 9.01. The molecule has 16 heavy (non-hydrogen) atoms. The highest BCUT2D eigenvalue weighted by atomic mass is 16.4. The number of hydrogen-bond acceptors (Lipinski definition) is 3. The number of aromatic nitrogens is 3. The number of carboxylic acids is 1. The van der Waals surface area contributed by atoms with E-state index in [1.54, 1.807) is 25.5 Å². The molecule has 0 unspecified atom stereocenters. The second-order valence-electron chi connectivity index (χ2n) is 3.53. The minimum absolute atomic E-state index is 0.172. The summed E-state index contributed by atoms with van der Waals surface area (Å²) in [5.74, 6) is -0.979. The summed E-state index contributed by atoms with van der Waals surface area (Å²) < 4.78 is 1.36. The molecule has 2 heterocycles. The van der Waals surface area contributed by atoms with Crippen LogP contribution in [0.2, 0.25) is 0 Å². The van der Waals surface area contributed by atoms with E-state index in [2.05, 4.69) is 10.1 Å². The predicted molar refractivity (Wildman–Crippen MR) is 58.1 cm³/mol. The van der Waals surface area contributed by atoms with Gasteiger partial charge in [0.2, 0.25) is 0 Å². The summed E-state index contributed by atoms with van der Waals surface area (Å²) >= 11 is 0. The van der Waals surface area contributed by atoms with Crippen LogP contribution in [-0.2, 0) is 7.05 Å². The van der Waals surface area contributed by atoms with E-state index in [1.165, 1.54) is 4.68 Å². The van der Waals surface area contributed by atoms with Crippen LogP contribution >= 0.6 is 0 Å². The minimum atomic E-state index is -0.979. The first-order valence-corrected chi connectivity index (χ1v) is 4.78. The normalized spacial score (nSPS) is 10.4. The van der Waals surface area contributed by atoms with Crippen LogP contribution in [0.1, 0.15) is 16.1 Å². The van der Waals surface area contributed by atoms with Gasteiger partial charge in [0.25, 0.3) is 0 Å². The van der Waals surface area contributed by atoms with Crippen molar-refractivity contribution in [1.29, 1.82) is 0 Å².